The van der Waals surface area contributed by atoms with Gasteiger partial charge >= 0.3 is 0 Å². The molecule has 1 saturated heterocycles. The van der Waals surface area contributed by atoms with Gasteiger partial charge in [-0.05, 0) is 50.7 Å². The number of rotatable bonds is 5. The SMILES string of the molecule is CN1CCC(N(C)C2=C(c3ccc(Cl)cc3Cl)C(=O)N(Cc3ccccc3)C2=O)CC1. The number of halogens is 2. The van der Waals surface area contributed by atoms with Crippen LogP contribution in [0.4, 0.5) is 0 Å². The second-order valence-corrected chi connectivity index (χ2v) is 9.02. The minimum atomic E-state index is -0.326. The van der Waals surface area contributed by atoms with E-state index in [1.807, 2.05) is 42.3 Å². The summed E-state index contributed by atoms with van der Waals surface area (Å²) in [7, 11) is 4.01. The molecule has 7 heteroatoms. The van der Waals surface area contributed by atoms with Crippen LogP contribution < -0.4 is 0 Å². The summed E-state index contributed by atoms with van der Waals surface area (Å²) < 4.78 is 0. The highest BCUT2D eigenvalue weighted by Gasteiger charge is 2.43. The molecule has 0 bridgehead atoms. The summed E-state index contributed by atoms with van der Waals surface area (Å²) in [5, 5.41) is 0.844. The molecule has 2 aromatic carbocycles. The number of nitrogens with zero attached hydrogens (tertiary/aromatic N) is 3. The van der Waals surface area contributed by atoms with Gasteiger partial charge in [-0.25, -0.2) is 0 Å². The summed E-state index contributed by atoms with van der Waals surface area (Å²) in [6.45, 7) is 2.13. The molecular formula is C24H25Cl2N3O2. The lowest BCUT2D eigenvalue weighted by molar-refractivity contribution is -0.138. The first kappa shape index (κ1) is 21.9. The van der Waals surface area contributed by atoms with Crippen LogP contribution in [-0.4, -0.2) is 59.7 Å². The van der Waals surface area contributed by atoms with Crippen molar-refractivity contribution in [2.24, 2.45) is 0 Å². The van der Waals surface area contributed by atoms with E-state index in [1.54, 1.807) is 18.2 Å². The first-order valence-corrected chi connectivity index (χ1v) is 11.1. The molecule has 162 valence electrons. The van der Waals surface area contributed by atoms with Crippen LogP contribution >= 0.6 is 23.2 Å². The van der Waals surface area contributed by atoms with E-state index >= 15 is 0 Å². The van der Waals surface area contributed by atoms with Crippen molar-refractivity contribution in [1.29, 1.82) is 0 Å². The quantitative estimate of drug-likeness (QED) is 0.627. The predicted molar refractivity (Wildman–Crippen MR) is 124 cm³/mol. The molecule has 0 N–H and O–H groups in total. The fraction of sp³-hybridized carbons (Fsp3) is 0.333. The third-order valence-electron chi connectivity index (χ3n) is 6.12. The first-order chi connectivity index (χ1) is 14.9. The summed E-state index contributed by atoms with van der Waals surface area (Å²) >= 11 is 12.6. The number of hydrogen-bond acceptors (Lipinski definition) is 4. The highest BCUT2D eigenvalue weighted by molar-refractivity contribution is 6.41. The summed E-state index contributed by atoms with van der Waals surface area (Å²) in [5.41, 5.74) is 2.20. The number of likely N-dealkylation sites (tertiary alicyclic amines) is 1. The molecule has 0 saturated carbocycles. The van der Waals surface area contributed by atoms with Gasteiger partial charge < -0.3 is 9.80 Å². The molecule has 1 fully saturated rings. The topological polar surface area (TPSA) is 43.9 Å². The van der Waals surface area contributed by atoms with Gasteiger partial charge in [0, 0.05) is 23.7 Å². The molecule has 2 amide bonds. The monoisotopic (exact) mass is 457 g/mol. The molecule has 0 atom stereocenters. The van der Waals surface area contributed by atoms with Crippen LogP contribution in [0.5, 0.6) is 0 Å². The van der Waals surface area contributed by atoms with Gasteiger partial charge in [0.05, 0.1) is 17.1 Å². The molecule has 0 spiro atoms. The van der Waals surface area contributed by atoms with E-state index in [0.717, 1.165) is 31.5 Å². The second-order valence-electron chi connectivity index (χ2n) is 8.18. The maximum atomic E-state index is 13.6. The zero-order valence-corrected chi connectivity index (χ0v) is 19.2. The van der Waals surface area contributed by atoms with Crippen molar-refractivity contribution in [3.63, 3.8) is 0 Å². The maximum absolute atomic E-state index is 13.6. The van der Waals surface area contributed by atoms with Crippen molar-refractivity contribution in [3.05, 3.63) is 75.4 Å². The van der Waals surface area contributed by atoms with Gasteiger partial charge in [0.25, 0.3) is 11.8 Å². The Kier molecular flexibility index (Phi) is 6.37. The smallest absolute Gasteiger partial charge is 0.278 e. The first-order valence-electron chi connectivity index (χ1n) is 10.4. The fourth-order valence-electron chi connectivity index (χ4n) is 4.30. The Bertz CT molecular complexity index is 1030. The van der Waals surface area contributed by atoms with Crippen molar-refractivity contribution in [2.75, 3.05) is 27.2 Å². The van der Waals surface area contributed by atoms with Crippen molar-refractivity contribution >= 4 is 40.6 Å². The summed E-state index contributed by atoms with van der Waals surface area (Å²) in [6, 6.07) is 14.7. The molecule has 5 nitrogen and oxygen atoms in total. The average molecular weight is 458 g/mol. The van der Waals surface area contributed by atoms with E-state index in [9.17, 15) is 9.59 Å². The van der Waals surface area contributed by atoms with Crippen molar-refractivity contribution in [3.8, 4) is 0 Å². The van der Waals surface area contributed by atoms with Crippen LogP contribution in [0.2, 0.25) is 10.0 Å². The summed E-state index contributed by atoms with van der Waals surface area (Å²) in [4.78, 5) is 32.7. The number of imide groups is 1. The third kappa shape index (κ3) is 4.36. The Balaban J connectivity index is 1.75. The van der Waals surface area contributed by atoms with E-state index < -0.39 is 0 Å². The molecule has 0 aromatic heterocycles. The van der Waals surface area contributed by atoms with E-state index in [-0.39, 0.29) is 24.4 Å². The zero-order chi connectivity index (χ0) is 22.1. The number of likely N-dealkylation sites (N-methyl/N-ethyl adjacent to an activating group) is 1. The van der Waals surface area contributed by atoms with Crippen LogP contribution in [0.3, 0.4) is 0 Å². The molecule has 0 radical (unpaired) electrons. The Morgan fingerprint density at radius 3 is 2.32 bits per heavy atom. The molecule has 2 aliphatic heterocycles. The Morgan fingerprint density at radius 2 is 1.68 bits per heavy atom. The van der Waals surface area contributed by atoms with Gasteiger partial charge in [-0.2, -0.15) is 0 Å². The van der Waals surface area contributed by atoms with Gasteiger partial charge in [-0.3, -0.25) is 14.5 Å². The normalized spacial score (nSPS) is 18.3. The Morgan fingerprint density at radius 1 is 1.00 bits per heavy atom. The largest absolute Gasteiger partial charge is 0.366 e. The van der Waals surface area contributed by atoms with Gasteiger partial charge in [-0.15, -0.1) is 0 Å². The number of amides is 2. The van der Waals surface area contributed by atoms with Gasteiger partial charge in [-0.1, -0.05) is 59.6 Å². The molecule has 2 aromatic rings. The van der Waals surface area contributed by atoms with Crippen molar-refractivity contribution in [1.82, 2.24) is 14.7 Å². The Labute approximate surface area is 192 Å². The van der Waals surface area contributed by atoms with Gasteiger partial charge in [0.1, 0.15) is 5.70 Å². The molecular weight excluding hydrogens is 433 g/mol. The molecule has 4 rings (SSSR count). The molecule has 31 heavy (non-hydrogen) atoms. The van der Waals surface area contributed by atoms with E-state index in [1.165, 1.54) is 4.90 Å². The van der Waals surface area contributed by atoms with Gasteiger partial charge in [0.15, 0.2) is 0 Å². The average Bonchev–Trinajstić information content (AvgIpc) is 2.99. The predicted octanol–water partition coefficient (Wildman–Crippen LogP) is 4.30. The second kappa shape index (κ2) is 9.03. The lowest BCUT2D eigenvalue weighted by Crippen LogP contribution is -2.43. The Hall–Kier alpha value is -2.34. The van der Waals surface area contributed by atoms with Crippen LogP contribution in [0.15, 0.2) is 54.2 Å². The van der Waals surface area contributed by atoms with Crippen LogP contribution in [0, 0.1) is 0 Å². The summed E-state index contributed by atoms with van der Waals surface area (Å²) in [5.74, 6) is -0.607. The molecule has 0 unspecified atom stereocenters. The molecule has 0 aliphatic carbocycles. The molecule has 2 aliphatic rings. The number of hydrogen-bond donors (Lipinski definition) is 0. The van der Waals surface area contributed by atoms with Gasteiger partial charge in [0.2, 0.25) is 0 Å². The van der Waals surface area contributed by atoms with Crippen LogP contribution in [0.1, 0.15) is 24.0 Å². The third-order valence-corrected chi connectivity index (χ3v) is 6.66. The number of piperidine rings is 1. The lowest BCUT2D eigenvalue weighted by atomic mass is 10.00. The summed E-state index contributed by atoms with van der Waals surface area (Å²) in [6.07, 6.45) is 1.86. The maximum Gasteiger partial charge on any atom is 0.278 e. The highest BCUT2D eigenvalue weighted by atomic mass is 35.5. The number of carbonyl (C=O) groups excluding carboxylic acids is 2. The van der Waals surface area contributed by atoms with E-state index in [4.69, 9.17) is 23.2 Å². The fourth-order valence-corrected chi connectivity index (χ4v) is 4.80. The van der Waals surface area contributed by atoms with Crippen LogP contribution in [-0.2, 0) is 16.1 Å². The van der Waals surface area contributed by atoms with E-state index in [0.29, 0.717) is 26.9 Å². The highest BCUT2D eigenvalue weighted by Crippen LogP contribution is 2.37. The zero-order valence-electron chi connectivity index (χ0n) is 17.6. The lowest BCUT2D eigenvalue weighted by Gasteiger charge is -2.36. The van der Waals surface area contributed by atoms with Crippen molar-refractivity contribution < 1.29 is 9.59 Å². The number of benzene rings is 2. The minimum absolute atomic E-state index is 0.181. The standard InChI is InChI=1S/C24H25Cl2N3O2/c1-27-12-10-18(11-13-27)28(2)22-21(19-9-8-17(25)14-20(19)26)23(30)29(24(22)31)15-16-6-4-3-5-7-16/h3-9,14,18H,10-13,15H2,1-2H3. The molecule has 2 heterocycles. The minimum Gasteiger partial charge on any atom is -0.366 e. The van der Waals surface area contributed by atoms with Crippen LogP contribution in [0.25, 0.3) is 5.57 Å². The van der Waals surface area contributed by atoms with E-state index in [2.05, 4.69) is 11.9 Å². The number of carbonyl (C=O) groups is 2. The van der Waals surface area contributed by atoms with Crippen molar-refractivity contribution in [2.45, 2.75) is 25.4 Å².